The molecule has 1 fully saturated rings. The van der Waals surface area contributed by atoms with Gasteiger partial charge in [-0.2, -0.15) is 0 Å². The molecule has 1 saturated heterocycles. The molecule has 0 aromatic heterocycles. The van der Waals surface area contributed by atoms with Gasteiger partial charge in [-0.15, -0.1) is 0 Å². The number of piperidine rings is 1. The van der Waals surface area contributed by atoms with Gasteiger partial charge in [0.15, 0.2) is 0 Å². The molecule has 0 spiro atoms. The molecule has 1 aliphatic rings. The number of halogens is 1. The van der Waals surface area contributed by atoms with Gasteiger partial charge in [0.2, 0.25) is 0 Å². The molecule has 0 radical (unpaired) electrons. The van der Waals surface area contributed by atoms with Crippen LogP contribution in [0.1, 0.15) is 24.8 Å². The van der Waals surface area contributed by atoms with Gasteiger partial charge < -0.3 is 10.4 Å². The summed E-state index contributed by atoms with van der Waals surface area (Å²) in [5.41, 5.74) is 1.32. The van der Waals surface area contributed by atoms with Crippen LogP contribution in [0.25, 0.3) is 0 Å². The van der Waals surface area contributed by atoms with Crippen molar-refractivity contribution < 1.29 is 5.11 Å². The van der Waals surface area contributed by atoms with Gasteiger partial charge in [-0.25, -0.2) is 0 Å². The third-order valence-electron chi connectivity index (χ3n) is 3.50. The van der Waals surface area contributed by atoms with Crippen LogP contribution in [-0.4, -0.2) is 24.8 Å². The quantitative estimate of drug-likeness (QED) is 0.849. The summed E-state index contributed by atoms with van der Waals surface area (Å²) >= 11 is 6.04. The minimum absolute atomic E-state index is 0.0674. The lowest BCUT2D eigenvalue weighted by molar-refractivity contribution is 0.207. The summed E-state index contributed by atoms with van der Waals surface area (Å²) in [4.78, 5) is 0. The molecule has 16 heavy (non-hydrogen) atoms. The highest BCUT2D eigenvalue weighted by atomic mass is 35.5. The van der Waals surface area contributed by atoms with Gasteiger partial charge in [0.25, 0.3) is 0 Å². The molecular formula is C13H18ClNO. The fourth-order valence-corrected chi connectivity index (χ4v) is 2.79. The highest BCUT2D eigenvalue weighted by Gasteiger charge is 2.33. The van der Waals surface area contributed by atoms with Crippen LogP contribution in [-0.2, 0) is 5.41 Å². The largest absolute Gasteiger partial charge is 0.396 e. The van der Waals surface area contributed by atoms with E-state index in [4.69, 9.17) is 11.6 Å². The number of nitrogens with one attached hydrogen (secondary N) is 1. The molecular weight excluding hydrogens is 222 g/mol. The Hall–Kier alpha value is -0.570. The van der Waals surface area contributed by atoms with E-state index in [1.54, 1.807) is 0 Å². The van der Waals surface area contributed by atoms with Crippen LogP contribution in [0, 0.1) is 0 Å². The third-order valence-corrected chi connectivity index (χ3v) is 3.73. The van der Waals surface area contributed by atoms with Gasteiger partial charge in [0.05, 0.1) is 0 Å². The van der Waals surface area contributed by atoms with Crippen molar-refractivity contribution >= 4 is 11.6 Å². The van der Waals surface area contributed by atoms with Gasteiger partial charge in [0, 0.05) is 23.6 Å². The lowest BCUT2D eigenvalue weighted by atomic mass is 9.72. The summed E-state index contributed by atoms with van der Waals surface area (Å²) in [7, 11) is 0. The Bertz CT molecular complexity index is 342. The Morgan fingerprint density at radius 1 is 1.44 bits per heavy atom. The summed E-state index contributed by atoms with van der Waals surface area (Å²) in [5, 5.41) is 13.5. The lowest BCUT2D eigenvalue weighted by Gasteiger charge is -2.38. The van der Waals surface area contributed by atoms with Crippen molar-refractivity contribution in [2.24, 2.45) is 0 Å². The number of hydrogen-bond acceptors (Lipinski definition) is 2. The van der Waals surface area contributed by atoms with Crippen LogP contribution in [0.2, 0.25) is 5.02 Å². The zero-order valence-electron chi connectivity index (χ0n) is 9.38. The maximum absolute atomic E-state index is 9.25. The highest BCUT2D eigenvalue weighted by molar-refractivity contribution is 6.30. The number of hydrogen-bond donors (Lipinski definition) is 2. The van der Waals surface area contributed by atoms with Crippen LogP contribution in [0.3, 0.4) is 0 Å². The predicted octanol–water partition coefficient (Wildman–Crippen LogP) is 2.34. The summed E-state index contributed by atoms with van der Waals surface area (Å²) in [6, 6.07) is 8.04. The average molecular weight is 240 g/mol. The molecule has 0 aliphatic carbocycles. The Morgan fingerprint density at radius 2 is 2.31 bits per heavy atom. The fraction of sp³-hybridized carbons (Fsp3) is 0.538. The average Bonchev–Trinajstić information content (AvgIpc) is 2.31. The van der Waals surface area contributed by atoms with E-state index in [0.29, 0.717) is 0 Å². The first-order chi connectivity index (χ1) is 7.77. The molecule has 2 rings (SSSR count). The summed E-state index contributed by atoms with van der Waals surface area (Å²) in [5.74, 6) is 0. The van der Waals surface area contributed by atoms with Crippen LogP contribution < -0.4 is 5.32 Å². The molecule has 1 unspecified atom stereocenters. The Kier molecular flexibility index (Phi) is 3.85. The molecule has 1 aromatic rings. The van der Waals surface area contributed by atoms with Crippen molar-refractivity contribution in [2.45, 2.75) is 24.7 Å². The maximum atomic E-state index is 9.25. The minimum atomic E-state index is 0.0674. The molecule has 0 bridgehead atoms. The van der Waals surface area contributed by atoms with Crippen molar-refractivity contribution in [3.63, 3.8) is 0 Å². The summed E-state index contributed by atoms with van der Waals surface area (Å²) in [6.45, 7) is 2.25. The topological polar surface area (TPSA) is 32.3 Å². The first-order valence-electron chi connectivity index (χ1n) is 5.84. The van der Waals surface area contributed by atoms with Crippen LogP contribution in [0.5, 0.6) is 0 Å². The van der Waals surface area contributed by atoms with E-state index < -0.39 is 0 Å². The fourth-order valence-electron chi connectivity index (χ4n) is 2.60. The summed E-state index contributed by atoms with van der Waals surface area (Å²) in [6.07, 6.45) is 3.09. The lowest BCUT2D eigenvalue weighted by Crippen LogP contribution is -2.44. The predicted molar refractivity (Wildman–Crippen MR) is 66.9 cm³/mol. The van der Waals surface area contributed by atoms with Crippen molar-refractivity contribution in [3.8, 4) is 0 Å². The molecule has 1 heterocycles. The molecule has 2 nitrogen and oxygen atoms in total. The number of aliphatic hydroxyl groups is 1. The number of benzene rings is 1. The highest BCUT2D eigenvalue weighted by Crippen LogP contribution is 2.35. The van der Waals surface area contributed by atoms with Gasteiger partial charge in [0.1, 0.15) is 0 Å². The number of rotatable bonds is 3. The zero-order valence-corrected chi connectivity index (χ0v) is 10.1. The van der Waals surface area contributed by atoms with E-state index in [0.717, 1.165) is 37.4 Å². The SMILES string of the molecule is OCCC1(c2cccc(Cl)c2)CCCNC1. The van der Waals surface area contributed by atoms with E-state index >= 15 is 0 Å². The second-order valence-electron chi connectivity index (χ2n) is 4.54. The van der Waals surface area contributed by atoms with Gasteiger partial charge >= 0.3 is 0 Å². The van der Waals surface area contributed by atoms with E-state index in [1.807, 2.05) is 18.2 Å². The van der Waals surface area contributed by atoms with Gasteiger partial charge in [-0.1, -0.05) is 23.7 Å². The molecule has 0 saturated carbocycles. The molecule has 2 N–H and O–H groups in total. The van der Waals surface area contributed by atoms with E-state index in [1.165, 1.54) is 5.56 Å². The van der Waals surface area contributed by atoms with E-state index in [9.17, 15) is 5.11 Å². The second kappa shape index (κ2) is 5.17. The standard InChI is InChI=1S/C13H18ClNO/c14-12-4-1-3-11(9-12)13(6-8-16)5-2-7-15-10-13/h1,3-4,9,15-16H,2,5-8,10H2. The third kappa shape index (κ3) is 2.40. The normalized spacial score (nSPS) is 25.6. The molecule has 3 heteroatoms. The monoisotopic (exact) mass is 239 g/mol. The smallest absolute Gasteiger partial charge is 0.0440 e. The van der Waals surface area contributed by atoms with Crippen LogP contribution in [0.4, 0.5) is 0 Å². The summed E-state index contributed by atoms with van der Waals surface area (Å²) < 4.78 is 0. The molecule has 1 atom stereocenters. The zero-order chi connectivity index (χ0) is 11.4. The number of aliphatic hydroxyl groups excluding tert-OH is 1. The Morgan fingerprint density at radius 3 is 2.94 bits per heavy atom. The minimum Gasteiger partial charge on any atom is -0.396 e. The van der Waals surface area contributed by atoms with Crippen molar-refractivity contribution in [1.82, 2.24) is 5.32 Å². The molecule has 0 amide bonds. The van der Waals surface area contributed by atoms with Crippen LogP contribution in [0.15, 0.2) is 24.3 Å². The first-order valence-corrected chi connectivity index (χ1v) is 6.22. The Balaban J connectivity index is 2.30. The molecule has 1 aliphatic heterocycles. The van der Waals surface area contributed by atoms with Crippen molar-refractivity contribution in [3.05, 3.63) is 34.9 Å². The maximum Gasteiger partial charge on any atom is 0.0440 e. The van der Waals surface area contributed by atoms with Crippen LogP contribution >= 0.6 is 11.6 Å². The van der Waals surface area contributed by atoms with Gasteiger partial charge in [-0.3, -0.25) is 0 Å². The molecule has 1 aromatic carbocycles. The Labute approximate surface area is 102 Å². The molecule has 88 valence electrons. The first kappa shape index (κ1) is 11.9. The van der Waals surface area contributed by atoms with E-state index in [2.05, 4.69) is 11.4 Å². The van der Waals surface area contributed by atoms with Crippen molar-refractivity contribution in [1.29, 1.82) is 0 Å². The second-order valence-corrected chi connectivity index (χ2v) is 4.98. The van der Waals surface area contributed by atoms with Gasteiger partial charge in [-0.05, 0) is 43.5 Å². The van der Waals surface area contributed by atoms with Crippen molar-refractivity contribution in [2.75, 3.05) is 19.7 Å². The van der Waals surface area contributed by atoms with E-state index in [-0.39, 0.29) is 12.0 Å².